The lowest BCUT2D eigenvalue weighted by molar-refractivity contribution is -0.215. The van der Waals surface area contributed by atoms with Gasteiger partial charge in [0.1, 0.15) is 6.10 Å². The molecule has 0 aromatic heterocycles. The van der Waals surface area contributed by atoms with Gasteiger partial charge in [0.2, 0.25) is 0 Å². The van der Waals surface area contributed by atoms with E-state index in [1.807, 2.05) is 0 Å². The Hall–Kier alpha value is -0.690. The van der Waals surface area contributed by atoms with Gasteiger partial charge in [-0.1, -0.05) is 6.42 Å². The molecular formula is C12H18O6. The van der Waals surface area contributed by atoms with Gasteiger partial charge in [0, 0.05) is 12.8 Å². The summed E-state index contributed by atoms with van der Waals surface area (Å²) in [6.07, 6.45) is 2.38. The molecule has 0 aromatic carbocycles. The van der Waals surface area contributed by atoms with E-state index in [9.17, 15) is 9.90 Å². The number of carboxylic acids is 1. The van der Waals surface area contributed by atoms with Crippen molar-refractivity contribution in [3.63, 3.8) is 0 Å². The van der Waals surface area contributed by atoms with Gasteiger partial charge in [-0.15, -0.1) is 0 Å². The molecule has 6 nitrogen and oxygen atoms in total. The summed E-state index contributed by atoms with van der Waals surface area (Å²) >= 11 is 0. The zero-order chi connectivity index (χ0) is 12.6. The first kappa shape index (κ1) is 12.3. The van der Waals surface area contributed by atoms with Crippen LogP contribution in [0.2, 0.25) is 0 Å². The molecule has 1 N–H and O–H groups in total. The van der Waals surface area contributed by atoms with Gasteiger partial charge in [-0.05, 0) is 12.8 Å². The van der Waals surface area contributed by atoms with E-state index in [2.05, 4.69) is 0 Å². The maximum absolute atomic E-state index is 11.3. The second-order valence-electron chi connectivity index (χ2n) is 5.04. The molecule has 0 radical (unpaired) electrons. The van der Waals surface area contributed by atoms with E-state index < -0.39 is 30.3 Å². The molecule has 0 aromatic rings. The molecule has 2 aliphatic heterocycles. The fourth-order valence-electron chi connectivity index (χ4n) is 2.92. The Morgan fingerprint density at radius 3 is 2.33 bits per heavy atom. The Kier molecular flexibility index (Phi) is 3.27. The second kappa shape index (κ2) is 4.77. The SMILES string of the molecule is O=C(O)[C@@H]1OC2(CCCCC2)O[C@@H]1C1OCCO1. The average molecular weight is 258 g/mol. The molecule has 1 saturated carbocycles. The minimum Gasteiger partial charge on any atom is -0.479 e. The van der Waals surface area contributed by atoms with Crippen molar-refractivity contribution in [2.75, 3.05) is 13.2 Å². The number of carbonyl (C=O) groups is 1. The normalized spacial score (nSPS) is 36.2. The summed E-state index contributed by atoms with van der Waals surface area (Å²) in [6, 6.07) is 0. The van der Waals surface area contributed by atoms with Gasteiger partial charge in [-0.3, -0.25) is 0 Å². The molecule has 0 amide bonds. The highest BCUT2D eigenvalue weighted by Gasteiger charge is 2.54. The second-order valence-corrected chi connectivity index (χ2v) is 5.04. The van der Waals surface area contributed by atoms with Crippen LogP contribution in [0, 0.1) is 0 Å². The minimum absolute atomic E-state index is 0.476. The van der Waals surface area contributed by atoms with E-state index >= 15 is 0 Å². The summed E-state index contributed by atoms with van der Waals surface area (Å²) in [7, 11) is 0. The zero-order valence-electron chi connectivity index (χ0n) is 10.2. The van der Waals surface area contributed by atoms with Crippen LogP contribution >= 0.6 is 0 Å². The van der Waals surface area contributed by atoms with Crippen LogP contribution in [-0.4, -0.2) is 48.6 Å². The number of carboxylic acid groups (broad SMARTS) is 1. The van der Waals surface area contributed by atoms with E-state index in [1.54, 1.807) is 0 Å². The van der Waals surface area contributed by atoms with Crippen molar-refractivity contribution in [3.8, 4) is 0 Å². The molecule has 18 heavy (non-hydrogen) atoms. The van der Waals surface area contributed by atoms with Crippen molar-refractivity contribution >= 4 is 5.97 Å². The average Bonchev–Trinajstić information content (AvgIpc) is 2.97. The number of hydrogen-bond donors (Lipinski definition) is 1. The summed E-state index contributed by atoms with van der Waals surface area (Å²) in [5.41, 5.74) is 0. The van der Waals surface area contributed by atoms with Crippen LogP contribution in [-0.2, 0) is 23.7 Å². The van der Waals surface area contributed by atoms with E-state index in [4.69, 9.17) is 18.9 Å². The van der Waals surface area contributed by atoms with Gasteiger partial charge in [-0.2, -0.15) is 0 Å². The molecule has 2 saturated heterocycles. The van der Waals surface area contributed by atoms with Crippen molar-refractivity contribution in [3.05, 3.63) is 0 Å². The number of aliphatic carboxylic acids is 1. The third-order valence-corrected chi connectivity index (χ3v) is 3.77. The molecule has 1 aliphatic carbocycles. The highest BCUT2D eigenvalue weighted by atomic mass is 16.8. The lowest BCUT2D eigenvalue weighted by Gasteiger charge is -2.32. The molecule has 3 aliphatic rings. The topological polar surface area (TPSA) is 74.2 Å². The van der Waals surface area contributed by atoms with Crippen molar-refractivity contribution in [2.24, 2.45) is 0 Å². The standard InChI is InChI=1S/C12H18O6/c13-10(14)8-9(11-15-6-7-16-11)18-12(17-8)4-2-1-3-5-12/h8-9,11H,1-7H2,(H,13,14)/t8-,9+/m1/s1. The van der Waals surface area contributed by atoms with Crippen LogP contribution < -0.4 is 0 Å². The van der Waals surface area contributed by atoms with E-state index in [1.165, 1.54) is 0 Å². The van der Waals surface area contributed by atoms with Crippen LogP contribution in [0.1, 0.15) is 32.1 Å². The predicted octanol–water partition coefficient (Wildman–Crippen LogP) is 0.888. The monoisotopic (exact) mass is 258 g/mol. The molecular weight excluding hydrogens is 240 g/mol. The number of hydrogen-bond acceptors (Lipinski definition) is 5. The van der Waals surface area contributed by atoms with Gasteiger partial charge >= 0.3 is 5.97 Å². The van der Waals surface area contributed by atoms with Gasteiger partial charge in [-0.25, -0.2) is 4.79 Å². The fourth-order valence-corrected chi connectivity index (χ4v) is 2.92. The molecule has 3 rings (SSSR count). The van der Waals surface area contributed by atoms with E-state index in [0.717, 1.165) is 32.1 Å². The Morgan fingerprint density at radius 1 is 1.06 bits per heavy atom. The third-order valence-electron chi connectivity index (χ3n) is 3.77. The van der Waals surface area contributed by atoms with Gasteiger partial charge in [0.15, 0.2) is 18.2 Å². The largest absolute Gasteiger partial charge is 0.479 e. The first-order valence-corrected chi connectivity index (χ1v) is 6.52. The van der Waals surface area contributed by atoms with Crippen molar-refractivity contribution in [2.45, 2.75) is 56.4 Å². The molecule has 6 heteroatoms. The minimum atomic E-state index is -1.01. The Balaban J connectivity index is 1.76. The Labute approximate surface area is 105 Å². The van der Waals surface area contributed by atoms with Gasteiger partial charge in [0.25, 0.3) is 0 Å². The number of ether oxygens (including phenoxy) is 4. The first-order chi connectivity index (χ1) is 8.70. The van der Waals surface area contributed by atoms with Crippen molar-refractivity contribution in [1.82, 2.24) is 0 Å². The van der Waals surface area contributed by atoms with Crippen molar-refractivity contribution in [1.29, 1.82) is 0 Å². The molecule has 3 fully saturated rings. The highest BCUT2D eigenvalue weighted by molar-refractivity contribution is 5.73. The zero-order valence-corrected chi connectivity index (χ0v) is 10.2. The molecule has 1 spiro atoms. The smallest absolute Gasteiger partial charge is 0.335 e. The van der Waals surface area contributed by atoms with Crippen LogP contribution in [0.15, 0.2) is 0 Å². The van der Waals surface area contributed by atoms with Crippen LogP contribution in [0.5, 0.6) is 0 Å². The fraction of sp³-hybridized carbons (Fsp3) is 0.917. The van der Waals surface area contributed by atoms with Crippen LogP contribution in [0.25, 0.3) is 0 Å². The van der Waals surface area contributed by atoms with Crippen LogP contribution in [0.4, 0.5) is 0 Å². The summed E-state index contributed by atoms with van der Waals surface area (Å²) in [5, 5.41) is 9.24. The Morgan fingerprint density at radius 2 is 1.72 bits per heavy atom. The van der Waals surface area contributed by atoms with E-state index in [-0.39, 0.29) is 0 Å². The molecule has 0 unspecified atom stereocenters. The predicted molar refractivity (Wildman–Crippen MR) is 58.9 cm³/mol. The molecule has 2 heterocycles. The van der Waals surface area contributed by atoms with E-state index in [0.29, 0.717) is 13.2 Å². The van der Waals surface area contributed by atoms with Gasteiger partial charge < -0.3 is 24.1 Å². The highest BCUT2D eigenvalue weighted by Crippen LogP contribution is 2.42. The summed E-state index contributed by atoms with van der Waals surface area (Å²) in [6.45, 7) is 0.952. The maximum atomic E-state index is 11.3. The lowest BCUT2D eigenvalue weighted by Crippen LogP contribution is -2.40. The summed E-state index contributed by atoms with van der Waals surface area (Å²) in [5.74, 6) is -1.75. The third kappa shape index (κ3) is 2.14. The quantitative estimate of drug-likeness (QED) is 0.792. The lowest BCUT2D eigenvalue weighted by atomic mass is 9.94. The Bertz CT molecular complexity index is 319. The first-order valence-electron chi connectivity index (χ1n) is 6.52. The molecule has 0 bridgehead atoms. The van der Waals surface area contributed by atoms with Crippen LogP contribution in [0.3, 0.4) is 0 Å². The maximum Gasteiger partial charge on any atom is 0.335 e. The van der Waals surface area contributed by atoms with Gasteiger partial charge in [0.05, 0.1) is 13.2 Å². The summed E-state index contributed by atoms with van der Waals surface area (Å²) < 4.78 is 22.3. The molecule has 2 atom stereocenters. The molecule has 102 valence electrons. The van der Waals surface area contributed by atoms with Crippen molar-refractivity contribution < 1.29 is 28.8 Å². The number of rotatable bonds is 2. The summed E-state index contributed by atoms with van der Waals surface area (Å²) in [4.78, 5) is 11.3.